The molecule has 1 fully saturated rings. The highest BCUT2D eigenvalue weighted by Gasteiger charge is 2.25. The molecule has 0 aliphatic heterocycles. The molecule has 2 atom stereocenters. The molecule has 104 valence electrons. The van der Waals surface area contributed by atoms with Crippen molar-refractivity contribution in [1.82, 2.24) is 10.6 Å². The van der Waals surface area contributed by atoms with Crippen LogP contribution in [0.2, 0.25) is 0 Å². The Kier molecular flexibility index (Phi) is 6.76. The van der Waals surface area contributed by atoms with Gasteiger partial charge in [-0.1, -0.05) is 39.5 Å². The summed E-state index contributed by atoms with van der Waals surface area (Å²) in [4.78, 5) is 23.3. The lowest BCUT2D eigenvalue weighted by atomic mass is 9.86. The number of rotatable bonds is 5. The molecule has 2 amide bonds. The summed E-state index contributed by atoms with van der Waals surface area (Å²) < 4.78 is 0. The number of hydrogen-bond donors (Lipinski definition) is 2. The van der Waals surface area contributed by atoms with Crippen molar-refractivity contribution in [1.29, 1.82) is 0 Å². The van der Waals surface area contributed by atoms with Gasteiger partial charge in [0.05, 0.1) is 0 Å². The van der Waals surface area contributed by atoms with Gasteiger partial charge in [-0.3, -0.25) is 9.59 Å². The van der Waals surface area contributed by atoms with Crippen molar-refractivity contribution >= 4 is 11.8 Å². The van der Waals surface area contributed by atoms with Crippen molar-refractivity contribution < 1.29 is 9.59 Å². The van der Waals surface area contributed by atoms with Crippen LogP contribution in [0.3, 0.4) is 0 Å². The third-order valence-corrected chi connectivity index (χ3v) is 3.70. The van der Waals surface area contributed by atoms with Crippen LogP contribution in [0.25, 0.3) is 0 Å². The summed E-state index contributed by atoms with van der Waals surface area (Å²) in [5.74, 6) is -0.468. The predicted molar refractivity (Wildman–Crippen MR) is 72.1 cm³/mol. The maximum absolute atomic E-state index is 11.7. The van der Waals surface area contributed by atoms with Crippen LogP contribution in [0.5, 0.6) is 0 Å². The van der Waals surface area contributed by atoms with E-state index in [0.29, 0.717) is 12.5 Å². The molecule has 0 bridgehead atoms. The lowest BCUT2D eigenvalue weighted by Crippen LogP contribution is -2.47. The summed E-state index contributed by atoms with van der Waals surface area (Å²) in [7, 11) is 0. The van der Waals surface area contributed by atoms with Gasteiger partial charge in [0.2, 0.25) is 0 Å². The Labute approximate surface area is 110 Å². The van der Waals surface area contributed by atoms with Crippen molar-refractivity contribution in [3.8, 4) is 0 Å². The zero-order valence-corrected chi connectivity index (χ0v) is 11.6. The largest absolute Gasteiger partial charge is 0.348 e. The second-order valence-corrected chi connectivity index (χ2v) is 5.30. The molecule has 0 saturated heterocycles. The minimum atomic E-state index is -0.483. The lowest BCUT2D eigenvalue weighted by Gasteiger charge is -2.29. The molecule has 0 aromatic carbocycles. The first-order valence-electron chi connectivity index (χ1n) is 7.23. The normalized spacial score (nSPS) is 23.4. The van der Waals surface area contributed by atoms with Crippen LogP contribution >= 0.6 is 0 Å². The molecule has 1 rings (SSSR count). The fourth-order valence-corrected chi connectivity index (χ4v) is 2.42. The van der Waals surface area contributed by atoms with Gasteiger partial charge in [-0.15, -0.1) is 0 Å². The monoisotopic (exact) mass is 254 g/mol. The number of nitrogens with one attached hydrogen (secondary N) is 2. The topological polar surface area (TPSA) is 58.2 Å². The van der Waals surface area contributed by atoms with Crippen molar-refractivity contribution in [2.24, 2.45) is 5.92 Å². The molecular weight excluding hydrogens is 228 g/mol. The lowest BCUT2D eigenvalue weighted by molar-refractivity contribution is -0.140. The predicted octanol–water partition coefficient (Wildman–Crippen LogP) is 1.99. The van der Waals surface area contributed by atoms with Gasteiger partial charge >= 0.3 is 11.8 Å². The molecular formula is C14H26N2O2. The zero-order chi connectivity index (χ0) is 13.4. The molecule has 4 heteroatoms. The third-order valence-electron chi connectivity index (χ3n) is 3.70. The van der Waals surface area contributed by atoms with E-state index < -0.39 is 11.8 Å². The van der Waals surface area contributed by atoms with Crippen LogP contribution in [0, 0.1) is 5.92 Å². The summed E-state index contributed by atoms with van der Waals surface area (Å²) in [5.41, 5.74) is 0. The number of unbranched alkanes of at least 4 members (excludes halogenated alkanes) is 2. The Hall–Kier alpha value is -1.06. The molecule has 0 spiro atoms. The average molecular weight is 254 g/mol. The van der Waals surface area contributed by atoms with Crippen LogP contribution < -0.4 is 10.6 Å². The first-order chi connectivity index (χ1) is 8.65. The van der Waals surface area contributed by atoms with Crippen molar-refractivity contribution in [3.63, 3.8) is 0 Å². The van der Waals surface area contributed by atoms with Crippen LogP contribution in [0.1, 0.15) is 58.8 Å². The van der Waals surface area contributed by atoms with E-state index in [2.05, 4.69) is 24.5 Å². The fourth-order valence-electron chi connectivity index (χ4n) is 2.42. The maximum Gasteiger partial charge on any atom is 0.309 e. The summed E-state index contributed by atoms with van der Waals surface area (Å²) in [6.45, 7) is 4.85. The fraction of sp³-hybridized carbons (Fsp3) is 0.857. The van der Waals surface area contributed by atoms with Gasteiger partial charge in [0, 0.05) is 12.6 Å². The first-order valence-corrected chi connectivity index (χ1v) is 7.23. The molecule has 18 heavy (non-hydrogen) atoms. The van der Waals surface area contributed by atoms with Gasteiger partial charge < -0.3 is 10.6 Å². The SMILES string of the molecule is CCCCCNC(=O)C(=O)N[C@H]1CCCC[C@H]1C. The van der Waals surface area contributed by atoms with E-state index in [1.807, 2.05) is 0 Å². The Balaban J connectivity index is 2.24. The molecule has 4 nitrogen and oxygen atoms in total. The molecule has 1 aliphatic rings. The maximum atomic E-state index is 11.7. The Morgan fingerprint density at radius 3 is 2.50 bits per heavy atom. The number of hydrogen-bond acceptors (Lipinski definition) is 2. The summed E-state index contributed by atoms with van der Waals surface area (Å²) in [6.07, 6.45) is 7.65. The van der Waals surface area contributed by atoms with Crippen LogP contribution in [-0.2, 0) is 9.59 Å². The Morgan fingerprint density at radius 1 is 1.11 bits per heavy atom. The van der Waals surface area contributed by atoms with E-state index in [1.54, 1.807) is 0 Å². The van der Waals surface area contributed by atoms with Crippen LogP contribution in [0.4, 0.5) is 0 Å². The average Bonchev–Trinajstić information content (AvgIpc) is 2.37. The number of carbonyl (C=O) groups excluding carboxylic acids is 2. The van der Waals surface area contributed by atoms with Gasteiger partial charge in [-0.25, -0.2) is 0 Å². The third kappa shape index (κ3) is 5.07. The zero-order valence-electron chi connectivity index (χ0n) is 11.6. The highest BCUT2D eigenvalue weighted by Crippen LogP contribution is 2.23. The molecule has 2 N–H and O–H groups in total. The molecule has 1 aliphatic carbocycles. The van der Waals surface area contributed by atoms with Gasteiger partial charge in [0.1, 0.15) is 0 Å². The highest BCUT2D eigenvalue weighted by molar-refractivity contribution is 6.35. The smallest absolute Gasteiger partial charge is 0.309 e. The summed E-state index contributed by atoms with van der Waals surface area (Å²) in [6, 6.07) is 0.174. The van der Waals surface area contributed by atoms with E-state index in [-0.39, 0.29) is 6.04 Å². The molecule has 0 unspecified atom stereocenters. The minimum absolute atomic E-state index is 0.174. The first kappa shape index (κ1) is 15.0. The summed E-state index contributed by atoms with van der Waals surface area (Å²) in [5, 5.41) is 5.53. The quantitative estimate of drug-likeness (QED) is 0.582. The number of carbonyl (C=O) groups is 2. The molecule has 0 aromatic heterocycles. The second-order valence-electron chi connectivity index (χ2n) is 5.30. The Bertz CT molecular complexity index is 279. The van der Waals surface area contributed by atoms with Gasteiger partial charge in [-0.05, 0) is 25.2 Å². The van der Waals surface area contributed by atoms with E-state index in [1.165, 1.54) is 6.42 Å². The minimum Gasteiger partial charge on any atom is -0.348 e. The van der Waals surface area contributed by atoms with Crippen molar-refractivity contribution in [2.45, 2.75) is 64.8 Å². The molecule has 0 heterocycles. The molecule has 1 saturated carbocycles. The van der Waals surface area contributed by atoms with Gasteiger partial charge in [0.15, 0.2) is 0 Å². The van der Waals surface area contributed by atoms with Crippen LogP contribution in [0.15, 0.2) is 0 Å². The van der Waals surface area contributed by atoms with Gasteiger partial charge in [-0.2, -0.15) is 0 Å². The van der Waals surface area contributed by atoms with E-state index in [4.69, 9.17) is 0 Å². The Morgan fingerprint density at radius 2 is 1.83 bits per heavy atom. The van der Waals surface area contributed by atoms with Gasteiger partial charge in [0.25, 0.3) is 0 Å². The van der Waals surface area contributed by atoms with E-state index in [0.717, 1.165) is 38.5 Å². The molecule has 0 radical (unpaired) electrons. The van der Waals surface area contributed by atoms with Crippen LogP contribution in [-0.4, -0.2) is 24.4 Å². The highest BCUT2D eigenvalue weighted by atomic mass is 16.2. The second kappa shape index (κ2) is 8.11. The standard InChI is InChI=1S/C14H26N2O2/c1-3-4-7-10-15-13(17)14(18)16-12-9-6-5-8-11(12)2/h11-12H,3-10H2,1-2H3,(H,15,17)(H,16,18)/t11-,12+/m1/s1. The van der Waals surface area contributed by atoms with Crippen molar-refractivity contribution in [3.05, 3.63) is 0 Å². The van der Waals surface area contributed by atoms with Crippen molar-refractivity contribution in [2.75, 3.05) is 6.54 Å². The number of amides is 2. The van der Waals surface area contributed by atoms with E-state index >= 15 is 0 Å². The molecule has 0 aromatic rings. The summed E-state index contributed by atoms with van der Waals surface area (Å²) >= 11 is 0. The van der Waals surface area contributed by atoms with E-state index in [9.17, 15) is 9.59 Å².